The summed E-state index contributed by atoms with van der Waals surface area (Å²) in [5, 5.41) is 22.5. The summed E-state index contributed by atoms with van der Waals surface area (Å²) in [5.74, 6) is 0. The van der Waals surface area contributed by atoms with Crippen LogP contribution in [-0.4, -0.2) is 10.2 Å². The smallest absolute Gasteiger partial charge is 0.140 e. The first-order chi connectivity index (χ1) is 13.7. The second kappa shape index (κ2) is 7.81. The number of aliphatic hydroxyl groups excluding tert-OH is 1. The Kier molecular flexibility index (Phi) is 5.07. The highest BCUT2D eigenvalue weighted by atomic mass is 16.3. The first-order valence-corrected chi connectivity index (χ1v) is 9.36. The van der Waals surface area contributed by atoms with Crippen molar-refractivity contribution in [3.63, 3.8) is 0 Å². The van der Waals surface area contributed by atoms with Crippen LogP contribution in [0.25, 0.3) is 0 Å². The summed E-state index contributed by atoms with van der Waals surface area (Å²) in [6.07, 6.45) is -0.697. The highest BCUT2D eigenvalue weighted by Gasteiger charge is 2.33. The summed E-state index contributed by atoms with van der Waals surface area (Å²) >= 11 is 0. The highest BCUT2D eigenvalue weighted by Crippen LogP contribution is 2.37. The molecule has 1 atom stereocenters. The van der Waals surface area contributed by atoms with Crippen LogP contribution in [0.2, 0.25) is 0 Å². The van der Waals surface area contributed by atoms with Gasteiger partial charge in [0, 0.05) is 0 Å². The van der Waals surface area contributed by atoms with Gasteiger partial charge in [-0.15, -0.1) is 0 Å². The standard InChI is InChI=1S/C26H22O2/c27-25(20-10-4-1-5-11-20)21-16-18-24(19-17-21)26(28,22-12-6-2-7-13-22)23-14-8-3-9-15-23/h1-19,25,27-28H. The molecule has 4 aromatic rings. The normalized spacial score (nSPS) is 12.5. The Labute approximate surface area is 165 Å². The highest BCUT2D eigenvalue weighted by molar-refractivity contribution is 5.47. The minimum atomic E-state index is -1.27. The molecule has 0 radical (unpaired) electrons. The minimum absolute atomic E-state index is 0.697. The second-order valence-electron chi connectivity index (χ2n) is 6.88. The van der Waals surface area contributed by atoms with Crippen molar-refractivity contribution >= 4 is 0 Å². The third-order valence-electron chi connectivity index (χ3n) is 5.14. The molecule has 2 heteroatoms. The Hall–Kier alpha value is -3.20. The van der Waals surface area contributed by atoms with Crippen LogP contribution in [-0.2, 0) is 5.60 Å². The van der Waals surface area contributed by atoms with Crippen LogP contribution in [0.5, 0.6) is 0 Å². The van der Waals surface area contributed by atoms with E-state index in [1.165, 1.54) is 0 Å². The van der Waals surface area contributed by atoms with E-state index in [2.05, 4.69) is 0 Å². The molecule has 0 aliphatic heterocycles. The largest absolute Gasteiger partial charge is 0.384 e. The minimum Gasteiger partial charge on any atom is -0.384 e. The van der Waals surface area contributed by atoms with Gasteiger partial charge in [-0.1, -0.05) is 115 Å². The zero-order valence-electron chi connectivity index (χ0n) is 15.4. The maximum atomic E-state index is 11.8. The Bertz CT molecular complexity index is 971. The Morgan fingerprint density at radius 2 is 0.821 bits per heavy atom. The van der Waals surface area contributed by atoms with Crippen molar-refractivity contribution in [2.75, 3.05) is 0 Å². The van der Waals surface area contributed by atoms with Crippen molar-refractivity contribution in [2.45, 2.75) is 11.7 Å². The first-order valence-electron chi connectivity index (χ1n) is 9.36. The molecule has 4 aromatic carbocycles. The molecule has 0 saturated carbocycles. The summed E-state index contributed by atoms with van der Waals surface area (Å²) in [4.78, 5) is 0. The molecule has 0 bridgehead atoms. The molecule has 1 unspecified atom stereocenters. The fraction of sp³-hybridized carbons (Fsp3) is 0.0769. The molecule has 0 spiro atoms. The molecule has 138 valence electrons. The maximum absolute atomic E-state index is 11.8. The molecular weight excluding hydrogens is 344 g/mol. The van der Waals surface area contributed by atoms with Crippen molar-refractivity contribution in [2.24, 2.45) is 0 Å². The van der Waals surface area contributed by atoms with Gasteiger partial charge in [-0.05, 0) is 27.8 Å². The van der Waals surface area contributed by atoms with Gasteiger partial charge < -0.3 is 10.2 Å². The quantitative estimate of drug-likeness (QED) is 0.485. The summed E-state index contributed by atoms with van der Waals surface area (Å²) in [5.41, 5.74) is 2.73. The van der Waals surface area contributed by atoms with Crippen molar-refractivity contribution in [3.05, 3.63) is 143 Å². The summed E-state index contributed by atoms with van der Waals surface area (Å²) < 4.78 is 0. The average molecular weight is 366 g/mol. The van der Waals surface area contributed by atoms with Crippen molar-refractivity contribution in [1.82, 2.24) is 0 Å². The van der Waals surface area contributed by atoms with Crippen LogP contribution in [0, 0.1) is 0 Å². The number of benzene rings is 4. The lowest BCUT2D eigenvalue weighted by atomic mass is 9.80. The van der Waals surface area contributed by atoms with Gasteiger partial charge in [0.05, 0.1) is 0 Å². The van der Waals surface area contributed by atoms with Crippen molar-refractivity contribution < 1.29 is 10.2 Å². The Balaban J connectivity index is 1.76. The van der Waals surface area contributed by atoms with Gasteiger partial charge in [0.15, 0.2) is 0 Å². The third kappa shape index (κ3) is 3.36. The summed E-state index contributed by atoms with van der Waals surface area (Å²) in [6, 6.07) is 36.4. The molecule has 0 saturated heterocycles. The van der Waals surface area contributed by atoms with E-state index in [4.69, 9.17) is 0 Å². The molecule has 0 fully saturated rings. The fourth-order valence-electron chi connectivity index (χ4n) is 3.59. The molecule has 4 rings (SSSR count). The third-order valence-corrected chi connectivity index (χ3v) is 5.14. The predicted octanol–water partition coefficient (Wildman–Crippen LogP) is 5.05. The zero-order chi connectivity index (χ0) is 19.4. The molecule has 0 aliphatic carbocycles. The number of rotatable bonds is 5. The van der Waals surface area contributed by atoms with E-state index in [-0.39, 0.29) is 0 Å². The maximum Gasteiger partial charge on any atom is 0.140 e. The number of aliphatic hydroxyl groups is 2. The topological polar surface area (TPSA) is 40.5 Å². The van der Waals surface area contributed by atoms with Crippen LogP contribution >= 0.6 is 0 Å². The fourth-order valence-corrected chi connectivity index (χ4v) is 3.59. The zero-order valence-corrected chi connectivity index (χ0v) is 15.4. The van der Waals surface area contributed by atoms with Crippen LogP contribution in [0.1, 0.15) is 33.9 Å². The van der Waals surface area contributed by atoms with Gasteiger partial charge in [-0.2, -0.15) is 0 Å². The lowest BCUT2D eigenvalue weighted by Crippen LogP contribution is -2.28. The molecule has 28 heavy (non-hydrogen) atoms. The van der Waals surface area contributed by atoms with E-state index in [0.717, 1.165) is 27.8 Å². The van der Waals surface area contributed by atoms with Crippen LogP contribution in [0.4, 0.5) is 0 Å². The molecular formula is C26H22O2. The average Bonchev–Trinajstić information content (AvgIpc) is 2.80. The predicted molar refractivity (Wildman–Crippen MR) is 112 cm³/mol. The van der Waals surface area contributed by atoms with E-state index in [0.29, 0.717) is 0 Å². The summed E-state index contributed by atoms with van der Waals surface area (Å²) in [7, 11) is 0. The lowest BCUT2D eigenvalue weighted by molar-refractivity contribution is 0.125. The second-order valence-corrected chi connectivity index (χ2v) is 6.88. The Morgan fingerprint density at radius 3 is 1.29 bits per heavy atom. The van der Waals surface area contributed by atoms with Crippen molar-refractivity contribution in [1.29, 1.82) is 0 Å². The number of hydrogen-bond acceptors (Lipinski definition) is 2. The molecule has 0 aromatic heterocycles. The van der Waals surface area contributed by atoms with Crippen LogP contribution in [0.3, 0.4) is 0 Å². The molecule has 2 N–H and O–H groups in total. The van der Waals surface area contributed by atoms with E-state index < -0.39 is 11.7 Å². The number of hydrogen-bond donors (Lipinski definition) is 2. The lowest BCUT2D eigenvalue weighted by Gasteiger charge is -2.30. The molecule has 0 heterocycles. The van der Waals surface area contributed by atoms with Crippen LogP contribution < -0.4 is 0 Å². The monoisotopic (exact) mass is 366 g/mol. The van der Waals surface area contributed by atoms with E-state index in [1.54, 1.807) is 0 Å². The van der Waals surface area contributed by atoms with Gasteiger partial charge in [-0.25, -0.2) is 0 Å². The Morgan fingerprint density at radius 1 is 0.464 bits per heavy atom. The first kappa shape index (κ1) is 18.2. The van der Waals surface area contributed by atoms with Gasteiger partial charge in [0.1, 0.15) is 11.7 Å². The van der Waals surface area contributed by atoms with Gasteiger partial charge in [0.2, 0.25) is 0 Å². The molecule has 2 nitrogen and oxygen atoms in total. The van der Waals surface area contributed by atoms with E-state index in [1.807, 2.05) is 115 Å². The van der Waals surface area contributed by atoms with E-state index >= 15 is 0 Å². The molecule has 0 aliphatic rings. The van der Waals surface area contributed by atoms with Gasteiger partial charge >= 0.3 is 0 Å². The van der Waals surface area contributed by atoms with Crippen molar-refractivity contribution in [3.8, 4) is 0 Å². The van der Waals surface area contributed by atoms with Gasteiger partial charge in [0.25, 0.3) is 0 Å². The summed E-state index contributed by atoms with van der Waals surface area (Å²) in [6.45, 7) is 0. The molecule has 0 amide bonds. The van der Waals surface area contributed by atoms with Gasteiger partial charge in [-0.3, -0.25) is 0 Å². The van der Waals surface area contributed by atoms with Crippen LogP contribution in [0.15, 0.2) is 115 Å². The SMILES string of the molecule is OC(c1ccccc1)c1ccc(C(O)(c2ccccc2)c2ccccc2)cc1. The van der Waals surface area contributed by atoms with E-state index in [9.17, 15) is 10.2 Å².